The quantitative estimate of drug-likeness (QED) is 0.888. The van der Waals surface area contributed by atoms with E-state index in [4.69, 9.17) is 4.74 Å². The molecule has 20 heavy (non-hydrogen) atoms. The molecule has 0 aliphatic rings. The topological polar surface area (TPSA) is 75.6 Å². The van der Waals surface area contributed by atoms with Crippen molar-refractivity contribution in [3.63, 3.8) is 0 Å². The molecule has 2 atom stereocenters. The van der Waals surface area contributed by atoms with Gasteiger partial charge in [-0.15, -0.1) is 0 Å². The highest BCUT2D eigenvalue weighted by Crippen LogP contribution is 2.19. The molecule has 0 bridgehead atoms. The lowest BCUT2D eigenvalue weighted by molar-refractivity contribution is -0.140. The summed E-state index contributed by atoms with van der Waals surface area (Å²) in [4.78, 5) is 23.1. The molecular weight excluding hydrogens is 258 g/mol. The van der Waals surface area contributed by atoms with E-state index in [1.54, 1.807) is 27.7 Å². The van der Waals surface area contributed by atoms with E-state index in [-0.39, 0.29) is 5.92 Å². The van der Waals surface area contributed by atoms with E-state index in [1.165, 1.54) is 0 Å². The van der Waals surface area contributed by atoms with Gasteiger partial charge < -0.3 is 15.2 Å². The van der Waals surface area contributed by atoms with E-state index >= 15 is 0 Å². The van der Waals surface area contributed by atoms with Gasteiger partial charge in [0.15, 0.2) is 0 Å². The lowest BCUT2D eigenvalue weighted by Crippen LogP contribution is -2.46. The summed E-state index contributed by atoms with van der Waals surface area (Å²) in [6.45, 7) is 6.93. The SMILES string of the molecule is CC(c1ccccc1)[C@H](NC(=O)OC(C)(C)C)C(=O)O. The first-order valence-electron chi connectivity index (χ1n) is 6.48. The van der Waals surface area contributed by atoms with Crippen LogP contribution in [0.15, 0.2) is 30.3 Å². The number of hydrogen-bond acceptors (Lipinski definition) is 3. The van der Waals surface area contributed by atoms with Crippen LogP contribution in [0.3, 0.4) is 0 Å². The number of amides is 1. The first-order chi connectivity index (χ1) is 9.20. The Bertz CT molecular complexity index is 465. The summed E-state index contributed by atoms with van der Waals surface area (Å²) in [6.07, 6.45) is -0.729. The van der Waals surface area contributed by atoms with Crippen LogP contribution in [0.5, 0.6) is 0 Å². The van der Waals surface area contributed by atoms with Crippen LogP contribution in [0, 0.1) is 0 Å². The smallest absolute Gasteiger partial charge is 0.408 e. The molecule has 0 aliphatic heterocycles. The van der Waals surface area contributed by atoms with E-state index in [0.717, 1.165) is 5.56 Å². The number of carboxylic acids is 1. The predicted molar refractivity (Wildman–Crippen MR) is 75.7 cm³/mol. The average molecular weight is 279 g/mol. The summed E-state index contributed by atoms with van der Waals surface area (Å²) in [7, 11) is 0. The van der Waals surface area contributed by atoms with Gasteiger partial charge in [0.05, 0.1) is 0 Å². The first-order valence-corrected chi connectivity index (χ1v) is 6.48. The van der Waals surface area contributed by atoms with Gasteiger partial charge in [0, 0.05) is 5.92 Å². The molecule has 1 amide bonds. The molecular formula is C15H21NO4. The van der Waals surface area contributed by atoms with Crippen molar-refractivity contribution in [1.29, 1.82) is 0 Å². The van der Waals surface area contributed by atoms with E-state index in [2.05, 4.69) is 5.32 Å². The number of aliphatic carboxylic acids is 1. The zero-order valence-corrected chi connectivity index (χ0v) is 12.2. The number of carboxylic acid groups (broad SMARTS) is 1. The van der Waals surface area contributed by atoms with Crippen molar-refractivity contribution in [2.24, 2.45) is 0 Å². The van der Waals surface area contributed by atoms with Crippen molar-refractivity contribution in [3.05, 3.63) is 35.9 Å². The molecule has 110 valence electrons. The highest BCUT2D eigenvalue weighted by molar-refractivity contribution is 5.81. The van der Waals surface area contributed by atoms with Crippen molar-refractivity contribution in [2.75, 3.05) is 0 Å². The molecule has 1 aromatic carbocycles. The molecule has 1 unspecified atom stereocenters. The maximum Gasteiger partial charge on any atom is 0.408 e. The third kappa shape index (κ3) is 4.91. The fraction of sp³-hybridized carbons (Fsp3) is 0.467. The minimum absolute atomic E-state index is 0.360. The number of rotatable bonds is 4. The Hall–Kier alpha value is -2.04. The molecule has 1 aromatic rings. The molecule has 5 heteroatoms. The zero-order valence-electron chi connectivity index (χ0n) is 12.2. The van der Waals surface area contributed by atoms with E-state index in [0.29, 0.717) is 0 Å². The van der Waals surface area contributed by atoms with Gasteiger partial charge in [-0.1, -0.05) is 37.3 Å². The number of alkyl carbamates (subject to hydrolysis) is 1. The summed E-state index contributed by atoms with van der Waals surface area (Å²) < 4.78 is 5.09. The van der Waals surface area contributed by atoms with E-state index in [9.17, 15) is 14.7 Å². The van der Waals surface area contributed by atoms with Crippen LogP contribution < -0.4 is 5.32 Å². The average Bonchev–Trinajstić information content (AvgIpc) is 2.34. The molecule has 0 heterocycles. The Kier molecular flexibility index (Phi) is 5.13. The van der Waals surface area contributed by atoms with Crippen LogP contribution in [0.25, 0.3) is 0 Å². The second-order valence-electron chi connectivity index (χ2n) is 5.66. The summed E-state index contributed by atoms with van der Waals surface area (Å²) in [5.74, 6) is -1.45. The van der Waals surface area contributed by atoms with Crippen molar-refractivity contribution < 1.29 is 19.4 Å². The fourth-order valence-electron chi connectivity index (χ4n) is 1.78. The van der Waals surface area contributed by atoms with Gasteiger partial charge in [0.2, 0.25) is 0 Å². The molecule has 0 aliphatic carbocycles. The second-order valence-corrected chi connectivity index (χ2v) is 5.66. The number of benzene rings is 1. The maximum atomic E-state index is 11.7. The molecule has 0 fully saturated rings. The number of ether oxygens (including phenoxy) is 1. The Labute approximate surface area is 118 Å². The predicted octanol–water partition coefficient (Wildman–Crippen LogP) is 2.77. The van der Waals surface area contributed by atoms with Crippen molar-refractivity contribution >= 4 is 12.1 Å². The van der Waals surface area contributed by atoms with Crippen LogP contribution in [0.4, 0.5) is 4.79 Å². The normalized spacial score (nSPS) is 14.2. The molecule has 0 radical (unpaired) electrons. The summed E-state index contributed by atoms with van der Waals surface area (Å²) in [6, 6.07) is 8.14. The monoisotopic (exact) mass is 279 g/mol. The van der Waals surface area contributed by atoms with Gasteiger partial charge >= 0.3 is 12.1 Å². The second kappa shape index (κ2) is 6.41. The van der Waals surface area contributed by atoms with Crippen LogP contribution in [-0.2, 0) is 9.53 Å². The number of hydrogen-bond donors (Lipinski definition) is 2. The number of nitrogens with one attached hydrogen (secondary N) is 1. The number of carbonyl (C=O) groups is 2. The highest BCUT2D eigenvalue weighted by atomic mass is 16.6. The highest BCUT2D eigenvalue weighted by Gasteiger charge is 2.29. The minimum Gasteiger partial charge on any atom is -0.480 e. The summed E-state index contributed by atoms with van der Waals surface area (Å²) >= 11 is 0. The van der Waals surface area contributed by atoms with Crippen molar-refractivity contribution in [1.82, 2.24) is 5.32 Å². The minimum atomic E-state index is -1.09. The molecule has 0 spiro atoms. The third-order valence-electron chi connectivity index (χ3n) is 2.76. The maximum absolute atomic E-state index is 11.7. The van der Waals surface area contributed by atoms with Crippen LogP contribution in [0.1, 0.15) is 39.2 Å². The molecule has 2 N–H and O–H groups in total. The van der Waals surface area contributed by atoms with E-state index < -0.39 is 23.7 Å². The Morgan fingerprint density at radius 2 is 1.75 bits per heavy atom. The largest absolute Gasteiger partial charge is 0.480 e. The van der Waals surface area contributed by atoms with Gasteiger partial charge in [-0.3, -0.25) is 0 Å². The van der Waals surface area contributed by atoms with Crippen molar-refractivity contribution in [2.45, 2.75) is 45.3 Å². The Balaban J connectivity index is 2.80. The molecule has 5 nitrogen and oxygen atoms in total. The lowest BCUT2D eigenvalue weighted by Gasteiger charge is -2.25. The Morgan fingerprint density at radius 3 is 2.20 bits per heavy atom. The molecule has 0 saturated heterocycles. The number of carbonyl (C=O) groups excluding carboxylic acids is 1. The lowest BCUT2D eigenvalue weighted by atomic mass is 9.93. The Morgan fingerprint density at radius 1 is 1.20 bits per heavy atom. The van der Waals surface area contributed by atoms with Gasteiger partial charge in [-0.2, -0.15) is 0 Å². The van der Waals surface area contributed by atoms with Crippen molar-refractivity contribution in [3.8, 4) is 0 Å². The third-order valence-corrected chi connectivity index (χ3v) is 2.76. The van der Waals surface area contributed by atoms with Crippen LogP contribution in [0.2, 0.25) is 0 Å². The molecule has 0 saturated carbocycles. The fourth-order valence-corrected chi connectivity index (χ4v) is 1.78. The molecule has 1 rings (SSSR count). The van der Waals surface area contributed by atoms with E-state index in [1.807, 2.05) is 30.3 Å². The summed E-state index contributed by atoms with van der Waals surface area (Å²) in [5.41, 5.74) is 0.180. The van der Waals surface area contributed by atoms with Crippen LogP contribution in [-0.4, -0.2) is 28.8 Å². The van der Waals surface area contributed by atoms with Crippen LogP contribution >= 0.6 is 0 Å². The van der Waals surface area contributed by atoms with Gasteiger partial charge in [0.25, 0.3) is 0 Å². The van der Waals surface area contributed by atoms with Gasteiger partial charge in [0.1, 0.15) is 11.6 Å². The first kappa shape index (κ1) is 16.0. The summed E-state index contributed by atoms with van der Waals surface area (Å²) in [5, 5.41) is 11.7. The van der Waals surface area contributed by atoms with Gasteiger partial charge in [-0.25, -0.2) is 9.59 Å². The standard InChI is InChI=1S/C15H21NO4/c1-10(11-8-6-5-7-9-11)12(13(17)18)16-14(19)20-15(2,3)4/h5-10,12H,1-4H3,(H,16,19)(H,17,18)/t10?,12-/m0/s1. The molecule has 0 aromatic heterocycles. The zero-order chi connectivity index (χ0) is 15.3. The van der Waals surface area contributed by atoms with Gasteiger partial charge in [-0.05, 0) is 26.3 Å².